The maximum atomic E-state index is 14.4. The van der Waals surface area contributed by atoms with Gasteiger partial charge in [-0.05, 0) is 18.2 Å². The van der Waals surface area contributed by atoms with Crippen LogP contribution in [0.4, 0.5) is 16.0 Å². The molecule has 1 fully saturated rings. The molecule has 0 radical (unpaired) electrons. The van der Waals surface area contributed by atoms with Crippen LogP contribution in [0.1, 0.15) is 5.56 Å². The van der Waals surface area contributed by atoms with E-state index in [1.165, 1.54) is 10.6 Å². The zero-order chi connectivity index (χ0) is 22.2. The summed E-state index contributed by atoms with van der Waals surface area (Å²) in [4.78, 5) is 36.3. The van der Waals surface area contributed by atoms with Gasteiger partial charge < -0.3 is 9.80 Å². The van der Waals surface area contributed by atoms with Crippen LogP contribution in [0.5, 0.6) is 0 Å². The first kappa shape index (κ1) is 20.0. The number of para-hydroxylation sites is 1. The van der Waals surface area contributed by atoms with Gasteiger partial charge in [-0.1, -0.05) is 36.4 Å². The molecule has 5 rings (SSSR count). The van der Waals surface area contributed by atoms with Gasteiger partial charge in [0.1, 0.15) is 5.82 Å². The summed E-state index contributed by atoms with van der Waals surface area (Å²) in [6.45, 7) is 3.06. The number of fused-ring (bicyclic) bond motifs is 1. The van der Waals surface area contributed by atoms with Crippen LogP contribution < -0.4 is 21.0 Å². The van der Waals surface area contributed by atoms with Crippen molar-refractivity contribution in [1.82, 2.24) is 19.1 Å². The molecule has 0 aliphatic carbocycles. The van der Waals surface area contributed by atoms with E-state index in [2.05, 4.69) is 31.9 Å². The van der Waals surface area contributed by atoms with Crippen molar-refractivity contribution < 1.29 is 4.39 Å². The average molecular weight is 434 g/mol. The van der Waals surface area contributed by atoms with E-state index in [0.29, 0.717) is 24.6 Å². The minimum absolute atomic E-state index is 0.138. The lowest BCUT2D eigenvalue weighted by Crippen LogP contribution is -2.47. The summed E-state index contributed by atoms with van der Waals surface area (Å²) in [5, 5.41) is 0. The van der Waals surface area contributed by atoms with Crippen molar-refractivity contribution >= 4 is 22.8 Å². The van der Waals surface area contributed by atoms with Crippen LogP contribution in [0.15, 0.2) is 64.2 Å². The number of anilines is 2. The van der Waals surface area contributed by atoms with Gasteiger partial charge in [0.2, 0.25) is 5.95 Å². The fraction of sp³-hybridized carbons (Fsp3) is 0.261. The third-order valence-corrected chi connectivity index (χ3v) is 5.96. The van der Waals surface area contributed by atoms with Crippen LogP contribution in [0.3, 0.4) is 0 Å². The zero-order valence-electron chi connectivity index (χ0n) is 17.7. The Morgan fingerprint density at radius 2 is 1.59 bits per heavy atom. The molecule has 0 bridgehead atoms. The molecule has 2 aromatic heterocycles. The van der Waals surface area contributed by atoms with Crippen LogP contribution in [-0.4, -0.2) is 45.3 Å². The number of aromatic nitrogens is 4. The normalized spacial score (nSPS) is 14.3. The van der Waals surface area contributed by atoms with Crippen LogP contribution >= 0.6 is 0 Å². The number of aromatic amines is 1. The highest BCUT2D eigenvalue weighted by Gasteiger charge is 2.25. The Labute approximate surface area is 183 Å². The lowest BCUT2D eigenvalue weighted by atomic mass is 10.2. The van der Waals surface area contributed by atoms with E-state index in [1.54, 1.807) is 29.8 Å². The smallest absolute Gasteiger partial charge is 0.329 e. The summed E-state index contributed by atoms with van der Waals surface area (Å²) in [7, 11) is 1.57. The van der Waals surface area contributed by atoms with Gasteiger partial charge in [-0.2, -0.15) is 4.98 Å². The first-order chi connectivity index (χ1) is 15.5. The SMILES string of the molecule is Cn1c(=O)[nH]c(=O)c2c1nc(N1CCN(c3ccccc3)CC1)n2Cc1ccccc1F. The van der Waals surface area contributed by atoms with Gasteiger partial charge in [0, 0.05) is 44.5 Å². The zero-order valence-corrected chi connectivity index (χ0v) is 17.7. The van der Waals surface area contributed by atoms with E-state index in [9.17, 15) is 14.0 Å². The van der Waals surface area contributed by atoms with Crippen LogP contribution in [0.2, 0.25) is 0 Å². The number of benzene rings is 2. The number of nitrogens with one attached hydrogen (secondary N) is 1. The third kappa shape index (κ3) is 3.45. The number of hydrogen-bond acceptors (Lipinski definition) is 5. The minimum atomic E-state index is -0.529. The lowest BCUT2D eigenvalue weighted by Gasteiger charge is -2.36. The number of halogens is 1. The Morgan fingerprint density at radius 3 is 2.31 bits per heavy atom. The molecule has 3 heterocycles. The van der Waals surface area contributed by atoms with E-state index >= 15 is 0 Å². The molecule has 0 amide bonds. The van der Waals surface area contributed by atoms with Gasteiger partial charge in [-0.15, -0.1) is 0 Å². The van der Waals surface area contributed by atoms with Crippen molar-refractivity contribution in [2.45, 2.75) is 6.54 Å². The molecule has 0 atom stereocenters. The molecule has 8 nitrogen and oxygen atoms in total. The maximum absolute atomic E-state index is 14.4. The van der Waals surface area contributed by atoms with Gasteiger partial charge in [-0.3, -0.25) is 18.9 Å². The molecule has 2 aromatic carbocycles. The Balaban J connectivity index is 1.56. The minimum Gasteiger partial charge on any atom is -0.368 e. The summed E-state index contributed by atoms with van der Waals surface area (Å²) >= 11 is 0. The Kier molecular flexibility index (Phi) is 5.01. The third-order valence-electron chi connectivity index (χ3n) is 5.96. The van der Waals surface area contributed by atoms with Crippen LogP contribution in [0, 0.1) is 5.82 Å². The number of aryl methyl sites for hydroxylation is 1. The second-order valence-electron chi connectivity index (χ2n) is 7.89. The van der Waals surface area contributed by atoms with Crippen molar-refractivity contribution in [1.29, 1.82) is 0 Å². The summed E-state index contributed by atoms with van der Waals surface area (Å²) in [6.07, 6.45) is 0. The highest BCUT2D eigenvalue weighted by Crippen LogP contribution is 2.24. The van der Waals surface area contributed by atoms with Gasteiger partial charge >= 0.3 is 5.69 Å². The van der Waals surface area contributed by atoms with E-state index in [4.69, 9.17) is 0 Å². The fourth-order valence-corrected chi connectivity index (χ4v) is 4.21. The first-order valence-corrected chi connectivity index (χ1v) is 10.5. The molecule has 1 aliphatic rings. The summed E-state index contributed by atoms with van der Waals surface area (Å²) < 4.78 is 17.5. The van der Waals surface area contributed by atoms with Crippen molar-refractivity contribution in [3.05, 3.63) is 86.8 Å². The van der Waals surface area contributed by atoms with E-state index < -0.39 is 11.2 Å². The van der Waals surface area contributed by atoms with Crippen molar-refractivity contribution in [2.75, 3.05) is 36.0 Å². The van der Waals surface area contributed by atoms with E-state index in [-0.39, 0.29) is 23.5 Å². The average Bonchev–Trinajstić information content (AvgIpc) is 3.20. The lowest BCUT2D eigenvalue weighted by molar-refractivity contribution is 0.593. The second-order valence-corrected chi connectivity index (χ2v) is 7.89. The molecule has 9 heteroatoms. The summed E-state index contributed by atoms with van der Waals surface area (Å²) in [6, 6.07) is 16.7. The topological polar surface area (TPSA) is 79.2 Å². The number of nitrogens with zero attached hydrogens (tertiary/aromatic N) is 5. The van der Waals surface area contributed by atoms with Crippen LogP contribution in [-0.2, 0) is 13.6 Å². The molecule has 0 spiro atoms. The largest absolute Gasteiger partial charge is 0.368 e. The highest BCUT2D eigenvalue weighted by molar-refractivity contribution is 5.74. The second kappa shape index (κ2) is 7.99. The molecular weight excluding hydrogens is 411 g/mol. The van der Waals surface area contributed by atoms with Crippen molar-refractivity contribution in [3.8, 4) is 0 Å². The molecule has 164 valence electrons. The number of imidazole rings is 1. The molecule has 4 aromatic rings. The van der Waals surface area contributed by atoms with Crippen molar-refractivity contribution in [3.63, 3.8) is 0 Å². The Hall–Kier alpha value is -3.88. The number of rotatable bonds is 4. The summed E-state index contributed by atoms with van der Waals surface area (Å²) in [5.74, 6) is 0.207. The van der Waals surface area contributed by atoms with Gasteiger partial charge in [0.25, 0.3) is 5.56 Å². The molecule has 0 unspecified atom stereocenters. The van der Waals surface area contributed by atoms with Gasteiger partial charge in [0.05, 0.1) is 6.54 Å². The van der Waals surface area contributed by atoms with Gasteiger partial charge in [-0.25, -0.2) is 9.18 Å². The quantitative estimate of drug-likeness (QED) is 0.531. The molecule has 1 saturated heterocycles. The summed E-state index contributed by atoms with van der Waals surface area (Å²) in [5.41, 5.74) is 1.10. The predicted molar refractivity (Wildman–Crippen MR) is 122 cm³/mol. The monoisotopic (exact) mass is 434 g/mol. The number of hydrogen-bond donors (Lipinski definition) is 1. The maximum Gasteiger partial charge on any atom is 0.329 e. The Morgan fingerprint density at radius 1 is 0.938 bits per heavy atom. The highest BCUT2D eigenvalue weighted by atomic mass is 19.1. The predicted octanol–water partition coefficient (Wildman–Crippen LogP) is 1.94. The molecule has 1 N–H and O–H groups in total. The molecular formula is C23H23FN6O2. The first-order valence-electron chi connectivity index (χ1n) is 10.5. The van der Waals surface area contributed by atoms with Crippen LogP contribution in [0.25, 0.3) is 11.2 Å². The van der Waals surface area contributed by atoms with Crippen molar-refractivity contribution in [2.24, 2.45) is 7.05 Å². The molecule has 1 aliphatic heterocycles. The fourth-order valence-electron chi connectivity index (χ4n) is 4.21. The Bertz CT molecular complexity index is 1380. The van der Waals surface area contributed by atoms with E-state index in [0.717, 1.165) is 18.8 Å². The van der Waals surface area contributed by atoms with E-state index in [1.807, 2.05) is 18.2 Å². The molecule has 0 saturated carbocycles. The standard InChI is InChI=1S/C23H23FN6O2/c1-27-20-19(21(31)26-23(27)32)30(15-16-7-5-6-10-18(16)24)22(25-20)29-13-11-28(12-14-29)17-8-3-2-4-9-17/h2-10H,11-15H2,1H3,(H,26,31,32). The number of piperazine rings is 1. The number of H-pyrrole nitrogens is 1. The molecule has 32 heavy (non-hydrogen) atoms. The van der Waals surface area contributed by atoms with Gasteiger partial charge in [0.15, 0.2) is 11.2 Å².